The van der Waals surface area contributed by atoms with Crippen LogP contribution in [0.3, 0.4) is 0 Å². The van der Waals surface area contributed by atoms with Crippen molar-refractivity contribution in [2.24, 2.45) is 0 Å². The van der Waals surface area contributed by atoms with Crippen molar-refractivity contribution in [2.75, 3.05) is 0 Å². The molecule has 0 saturated carbocycles. The minimum atomic E-state index is -1.23. The first kappa shape index (κ1) is 19.1. The summed E-state index contributed by atoms with van der Waals surface area (Å²) in [5.41, 5.74) is 0. The van der Waals surface area contributed by atoms with Crippen LogP contribution in [0.4, 0.5) is 0 Å². The maximum absolute atomic E-state index is 9.45. The summed E-state index contributed by atoms with van der Waals surface area (Å²) in [6.45, 7) is 2.39. The summed E-state index contributed by atoms with van der Waals surface area (Å²) in [4.78, 5) is 18.9. The van der Waals surface area contributed by atoms with Crippen molar-refractivity contribution < 1.29 is 30.0 Å². The van der Waals surface area contributed by atoms with E-state index in [-0.39, 0.29) is 51.4 Å². The molecule has 0 aromatic carbocycles. The Bertz CT molecular complexity index is 137. The molecular weight excluding hydrogens is 207 g/mol. The molecule has 7 heteroatoms. The molecule has 2 atom stereocenters. The fraction of sp³-hybridized carbons (Fsp3) is 0.667. The summed E-state index contributed by atoms with van der Waals surface area (Å²) in [6, 6.07) is 0. The summed E-state index contributed by atoms with van der Waals surface area (Å²) >= 11 is 0. The maximum atomic E-state index is 9.45. The van der Waals surface area contributed by atoms with E-state index in [1.165, 1.54) is 13.8 Å². The molecule has 13 heavy (non-hydrogen) atoms. The number of carboxylic acids is 2. The normalized spacial score (nSPS) is 12.6. The van der Waals surface area contributed by atoms with Crippen LogP contribution >= 0.6 is 0 Å². The fourth-order valence-electron chi connectivity index (χ4n) is 0. The van der Waals surface area contributed by atoms with E-state index >= 15 is 0 Å². The molecule has 0 bridgehead atoms. The molecule has 0 aliphatic heterocycles. The Hall–Kier alpha value is 0.496. The van der Waals surface area contributed by atoms with E-state index in [1.54, 1.807) is 0 Å². The Morgan fingerprint density at radius 3 is 1.00 bits per heavy atom. The fourth-order valence-corrected chi connectivity index (χ4v) is 0. The molecule has 0 fully saturated rings. The summed E-state index contributed by atoms with van der Waals surface area (Å²) in [5.74, 6) is -2.37. The number of hydrogen-bond acceptors (Lipinski definition) is 4. The Labute approximate surface area is 118 Å². The number of rotatable bonds is 2. The predicted octanol–water partition coefficient (Wildman–Crippen LogP) is -1.48. The van der Waals surface area contributed by atoms with E-state index in [1.807, 2.05) is 0 Å². The molecular formula is C6H12KO6. The number of aliphatic hydroxyl groups is 2. The molecule has 0 aliphatic rings. The SMILES string of the molecule is CC(O)C(=O)O.CC(O)C(=O)O.[K]. The van der Waals surface area contributed by atoms with Gasteiger partial charge >= 0.3 is 11.9 Å². The van der Waals surface area contributed by atoms with Gasteiger partial charge in [0.05, 0.1) is 0 Å². The molecule has 73 valence electrons. The zero-order valence-corrected chi connectivity index (χ0v) is 10.9. The van der Waals surface area contributed by atoms with Crippen LogP contribution in [0, 0.1) is 0 Å². The first-order valence-electron chi connectivity index (χ1n) is 3.10. The van der Waals surface area contributed by atoms with Gasteiger partial charge in [0.1, 0.15) is 12.2 Å². The van der Waals surface area contributed by atoms with Crippen molar-refractivity contribution in [3.8, 4) is 0 Å². The number of aliphatic carboxylic acids is 2. The van der Waals surface area contributed by atoms with Gasteiger partial charge in [0, 0.05) is 51.4 Å². The van der Waals surface area contributed by atoms with Crippen molar-refractivity contribution in [1.29, 1.82) is 0 Å². The van der Waals surface area contributed by atoms with Gasteiger partial charge in [-0.15, -0.1) is 0 Å². The van der Waals surface area contributed by atoms with Gasteiger partial charge in [-0.05, 0) is 13.8 Å². The molecule has 0 aromatic heterocycles. The monoisotopic (exact) mass is 219 g/mol. The zero-order chi connectivity index (χ0) is 10.3. The summed E-state index contributed by atoms with van der Waals surface area (Å²) in [5, 5.41) is 31.5. The standard InChI is InChI=1S/2C3H6O3.K/c2*1-2(4)3(5)6;/h2*2,4H,1H3,(H,5,6);. The number of carbonyl (C=O) groups is 2. The maximum Gasteiger partial charge on any atom is 0.332 e. The van der Waals surface area contributed by atoms with E-state index < -0.39 is 24.1 Å². The predicted molar refractivity (Wildman–Crippen MR) is 44.4 cm³/mol. The second kappa shape index (κ2) is 10.6. The molecule has 0 aromatic rings. The van der Waals surface area contributed by atoms with Crippen LogP contribution in [-0.4, -0.2) is 96.0 Å². The Balaban J connectivity index is -0.000000143. The topological polar surface area (TPSA) is 115 Å². The summed E-state index contributed by atoms with van der Waals surface area (Å²) in [7, 11) is 0. The van der Waals surface area contributed by atoms with Crippen LogP contribution in [0.1, 0.15) is 13.8 Å². The van der Waals surface area contributed by atoms with Gasteiger partial charge in [0.15, 0.2) is 0 Å². The first-order chi connectivity index (χ1) is 5.29. The molecule has 2 unspecified atom stereocenters. The number of aliphatic hydroxyl groups excluding tert-OH is 2. The number of hydrogen-bond donors (Lipinski definition) is 4. The van der Waals surface area contributed by atoms with Crippen molar-refractivity contribution in [3.05, 3.63) is 0 Å². The largest absolute Gasteiger partial charge is 0.479 e. The van der Waals surface area contributed by atoms with Gasteiger partial charge in [-0.2, -0.15) is 0 Å². The van der Waals surface area contributed by atoms with Crippen molar-refractivity contribution in [2.45, 2.75) is 26.1 Å². The summed E-state index contributed by atoms with van der Waals surface area (Å²) in [6.07, 6.45) is -2.46. The van der Waals surface area contributed by atoms with E-state index in [4.69, 9.17) is 20.4 Å². The van der Waals surface area contributed by atoms with Crippen molar-refractivity contribution in [3.63, 3.8) is 0 Å². The minimum Gasteiger partial charge on any atom is -0.479 e. The van der Waals surface area contributed by atoms with Crippen LogP contribution in [-0.2, 0) is 9.59 Å². The third-order valence-corrected chi connectivity index (χ3v) is 0.715. The van der Waals surface area contributed by atoms with Crippen LogP contribution < -0.4 is 0 Å². The zero-order valence-electron chi connectivity index (χ0n) is 7.76. The second-order valence-corrected chi connectivity index (χ2v) is 2.03. The first-order valence-corrected chi connectivity index (χ1v) is 3.10. The van der Waals surface area contributed by atoms with Gasteiger partial charge in [-0.1, -0.05) is 0 Å². The Kier molecular flexibility index (Phi) is 15.6. The minimum absolute atomic E-state index is 0. The van der Waals surface area contributed by atoms with Crippen LogP contribution in [0.15, 0.2) is 0 Å². The van der Waals surface area contributed by atoms with Crippen LogP contribution in [0.25, 0.3) is 0 Å². The Morgan fingerprint density at radius 1 is 0.923 bits per heavy atom. The van der Waals surface area contributed by atoms with Crippen LogP contribution in [0.5, 0.6) is 0 Å². The average molecular weight is 219 g/mol. The van der Waals surface area contributed by atoms with E-state index in [0.717, 1.165) is 0 Å². The smallest absolute Gasteiger partial charge is 0.332 e. The van der Waals surface area contributed by atoms with Gasteiger partial charge in [-0.3, -0.25) is 0 Å². The molecule has 0 rings (SSSR count). The molecule has 4 N–H and O–H groups in total. The van der Waals surface area contributed by atoms with Crippen molar-refractivity contribution in [1.82, 2.24) is 0 Å². The van der Waals surface area contributed by atoms with Crippen LogP contribution in [0.2, 0.25) is 0 Å². The summed E-state index contributed by atoms with van der Waals surface area (Å²) < 4.78 is 0. The van der Waals surface area contributed by atoms with Gasteiger partial charge < -0.3 is 20.4 Å². The quantitative estimate of drug-likeness (QED) is 0.421. The van der Waals surface area contributed by atoms with Gasteiger partial charge in [-0.25, -0.2) is 9.59 Å². The Morgan fingerprint density at radius 2 is 1.00 bits per heavy atom. The second-order valence-electron chi connectivity index (χ2n) is 2.03. The molecule has 6 nitrogen and oxygen atoms in total. The molecule has 0 saturated heterocycles. The number of carboxylic acid groups (broad SMARTS) is 2. The molecule has 0 aliphatic carbocycles. The van der Waals surface area contributed by atoms with Gasteiger partial charge in [0.25, 0.3) is 0 Å². The van der Waals surface area contributed by atoms with Gasteiger partial charge in [0.2, 0.25) is 0 Å². The molecule has 0 amide bonds. The van der Waals surface area contributed by atoms with E-state index in [0.29, 0.717) is 0 Å². The molecule has 0 spiro atoms. The van der Waals surface area contributed by atoms with E-state index in [2.05, 4.69) is 0 Å². The average Bonchev–Trinajstić information content (AvgIpc) is 1.88. The third kappa shape index (κ3) is 19.1. The third-order valence-electron chi connectivity index (χ3n) is 0.715. The van der Waals surface area contributed by atoms with Crippen molar-refractivity contribution >= 4 is 63.3 Å². The molecule has 1 radical (unpaired) electrons. The molecule has 0 heterocycles. The van der Waals surface area contributed by atoms with E-state index in [9.17, 15) is 9.59 Å².